The van der Waals surface area contributed by atoms with E-state index in [1.165, 1.54) is 10.9 Å². The number of rotatable bonds is 5. The Kier molecular flexibility index (Phi) is 4.26. The average molecular weight is 243 g/mol. The summed E-state index contributed by atoms with van der Waals surface area (Å²) in [5.74, 6) is 0.608. The van der Waals surface area contributed by atoms with Crippen molar-refractivity contribution in [1.82, 2.24) is 15.5 Å². The maximum absolute atomic E-state index is 4.17. The van der Waals surface area contributed by atoms with Crippen molar-refractivity contribution < 1.29 is 0 Å². The van der Waals surface area contributed by atoms with Gasteiger partial charge in [-0.2, -0.15) is 10.2 Å². The fourth-order valence-corrected chi connectivity index (χ4v) is 2.27. The van der Waals surface area contributed by atoms with Crippen molar-refractivity contribution in [1.29, 1.82) is 0 Å². The smallest absolute Gasteiger partial charge is 0.0932 e. The number of nitrogens with zero attached hydrogens (tertiary/aromatic N) is 2. The molecular formula is C15H21N3. The van der Waals surface area contributed by atoms with Gasteiger partial charge in [-0.15, -0.1) is 0 Å². The van der Waals surface area contributed by atoms with Crippen LogP contribution >= 0.6 is 0 Å². The van der Waals surface area contributed by atoms with Crippen molar-refractivity contribution >= 4 is 10.9 Å². The van der Waals surface area contributed by atoms with Gasteiger partial charge in [-0.1, -0.05) is 39.0 Å². The fraction of sp³-hybridized carbons (Fsp3) is 0.467. The van der Waals surface area contributed by atoms with Gasteiger partial charge in [0.2, 0.25) is 0 Å². The Balaban J connectivity index is 2.30. The molecule has 1 aromatic heterocycles. The summed E-state index contributed by atoms with van der Waals surface area (Å²) in [5.41, 5.74) is 2.26. The van der Waals surface area contributed by atoms with E-state index in [9.17, 15) is 0 Å². The number of fused-ring (bicyclic) bond motifs is 1. The molecule has 1 atom stereocenters. The van der Waals surface area contributed by atoms with E-state index >= 15 is 0 Å². The molecule has 1 unspecified atom stereocenters. The lowest BCUT2D eigenvalue weighted by molar-refractivity contribution is 0.405. The third-order valence-electron chi connectivity index (χ3n) is 3.34. The zero-order chi connectivity index (χ0) is 13.0. The van der Waals surface area contributed by atoms with Crippen LogP contribution in [0.5, 0.6) is 0 Å². The first kappa shape index (κ1) is 13.0. The minimum absolute atomic E-state index is 0.489. The molecule has 18 heavy (non-hydrogen) atoms. The van der Waals surface area contributed by atoms with Gasteiger partial charge in [0.1, 0.15) is 0 Å². The highest BCUT2D eigenvalue weighted by Gasteiger charge is 2.14. The minimum atomic E-state index is 0.489. The molecule has 3 nitrogen and oxygen atoms in total. The van der Waals surface area contributed by atoms with Crippen molar-refractivity contribution in [2.24, 2.45) is 5.92 Å². The normalized spacial score (nSPS) is 13.1. The molecule has 1 N–H and O–H groups in total. The van der Waals surface area contributed by atoms with Crippen LogP contribution in [0.15, 0.2) is 30.5 Å². The Labute approximate surface area is 109 Å². The molecule has 1 aromatic carbocycles. The lowest BCUT2D eigenvalue weighted by Gasteiger charge is -2.22. The molecule has 96 valence electrons. The van der Waals surface area contributed by atoms with Crippen LogP contribution in [0.25, 0.3) is 10.9 Å². The van der Waals surface area contributed by atoms with E-state index in [1.807, 2.05) is 18.3 Å². The second-order valence-corrected chi connectivity index (χ2v) is 5.00. The Morgan fingerprint density at radius 1 is 1.22 bits per heavy atom. The Morgan fingerprint density at radius 2 is 2.00 bits per heavy atom. The van der Waals surface area contributed by atoms with Crippen LogP contribution in [0.4, 0.5) is 0 Å². The number of benzene rings is 1. The van der Waals surface area contributed by atoms with E-state index < -0.39 is 0 Å². The summed E-state index contributed by atoms with van der Waals surface area (Å²) in [6.45, 7) is 7.66. The third-order valence-corrected chi connectivity index (χ3v) is 3.34. The second-order valence-electron chi connectivity index (χ2n) is 5.00. The van der Waals surface area contributed by atoms with Crippen LogP contribution in [0.1, 0.15) is 26.3 Å². The fourth-order valence-electron chi connectivity index (χ4n) is 2.27. The van der Waals surface area contributed by atoms with Gasteiger partial charge in [0, 0.05) is 11.4 Å². The molecular weight excluding hydrogens is 222 g/mol. The SMILES string of the molecule is CCNC(Cc1cnnc2ccccc12)C(C)C. The number of likely N-dealkylation sites (N-methyl/N-ethyl adjacent to an activating group) is 1. The predicted octanol–water partition coefficient (Wildman–Crippen LogP) is 2.81. The van der Waals surface area contributed by atoms with Gasteiger partial charge < -0.3 is 5.32 Å². The molecule has 0 saturated carbocycles. The summed E-state index contributed by atoms with van der Waals surface area (Å²) in [6, 6.07) is 8.70. The monoisotopic (exact) mass is 243 g/mol. The second kappa shape index (κ2) is 5.91. The summed E-state index contributed by atoms with van der Waals surface area (Å²) in [7, 11) is 0. The summed E-state index contributed by atoms with van der Waals surface area (Å²) < 4.78 is 0. The first-order chi connectivity index (χ1) is 8.72. The molecule has 3 heteroatoms. The summed E-state index contributed by atoms with van der Waals surface area (Å²) >= 11 is 0. The molecule has 0 aliphatic heterocycles. The predicted molar refractivity (Wildman–Crippen MR) is 75.5 cm³/mol. The largest absolute Gasteiger partial charge is 0.314 e. The van der Waals surface area contributed by atoms with Crippen molar-refractivity contribution in [3.63, 3.8) is 0 Å². The molecule has 0 aliphatic carbocycles. The standard InChI is InChI=1S/C15H21N3/c1-4-16-15(11(2)3)9-12-10-17-18-14-8-6-5-7-13(12)14/h5-8,10-11,15-16H,4,9H2,1-3H3. The highest BCUT2D eigenvalue weighted by atomic mass is 15.1. The van der Waals surface area contributed by atoms with Gasteiger partial charge in [-0.25, -0.2) is 0 Å². The van der Waals surface area contributed by atoms with Gasteiger partial charge in [0.05, 0.1) is 11.7 Å². The molecule has 2 aromatic rings. The molecule has 0 radical (unpaired) electrons. The van der Waals surface area contributed by atoms with E-state index in [0.717, 1.165) is 18.5 Å². The van der Waals surface area contributed by atoms with Crippen LogP contribution in [0.3, 0.4) is 0 Å². The van der Waals surface area contributed by atoms with E-state index in [2.05, 4.69) is 48.4 Å². The molecule has 1 heterocycles. The number of aromatic nitrogens is 2. The first-order valence-corrected chi connectivity index (χ1v) is 6.65. The van der Waals surface area contributed by atoms with Crippen molar-refractivity contribution in [2.75, 3.05) is 6.54 Å². The minimum Gasteiger partial charge on any atom is -0.314 e. The molecule has 0 spiro atoms. The van der Waals surface area contributed by atoms with Gasteiger partial charge >= 0.3 is 0 Å². The van der Waals surface area contributed by atoms with Gasteiger partial charge in [0.25, 0.3) is 0 Å². The van der Waals surface area contributed by atoms with Crippen LogP contribution in [-0.4, -0.2) is 22.8 Å². The van der Waals surface area contributed by atoms with Crippen LogP contribution in [0.2, 0.25) is 0 Å². The first-order valence-electron chi connectivity index (χ1n) is 6.65. The zero-order valence-corrected chi connectivity index (χ0v) is 11.4. The molecule has 0 saturated heterocycles. The van der Waals surface area contributed by atoms with Crippen LogP contribution in [-0.2, 0) is 6.42 Å². The van der Waals surface area contributed by atoms with E-state index in [1.54, 1.807) is 0 Å². The molecule has 0 fully saturated rings. The van der Waals surface area contributed by atoms with Gasteiger partial charge in [-0.3, -0.25) is 0 Å². The highest BCUT2D eigenvalue weighted by molar-refractivity contribution is 5.81. The lowest BCUT2D eigenvalue weighted by atomic mass is 9.95. The Bertz CT molecular complexity index is 503. The maximum atomic E-state index is 4.17. The Morgan fingerprint density at radius 3 is 2.72 bits per heavy atom. The van der Waals surface area contributed by atoms with Gasteiger partial charge in [0.15, 0.2) is 0 Å². The Hall–Kier alpha value is -1.48. The van der Waals surface area contributed by atoms with Crippen LogP contribution in [0, 0.1) is 5.92 Å². The molecule has 0 aliphatic rings. The van der Waals surface area contributed by atoms with Crippen molar-refractivity contribution in [2.45, 2.75) is 33.2 Å². The quantitative estimate of drug-likeness (QED) is 0.877. The molecule has 2 rings (SSSR count). The molecule has 0 bridgehead atoms. The number of hydrogen-bond acceptors (Lipinski definition) is 3. The van der Waals surface area contributed by atoms with E-state index in [0.29, 0.717) is 12.0 Å². The van der Waals surface area contributed by atoms with Crippen molar-refractivity contribution in [3.05, 3.63) is 36.0 Å². The molecule has 0 amide bonds. The van der Waals surface area contributed by atoms with E-state index in [-0.39, 0.29) is 0 Å². The van der Waals surface area contributed by atoms with Crippen molar-refractivity contribution in [3.8, 4) is 0 Å². The topological polar surface area (TPSA) is 37.8 Å². The van der Waals surface area contributed by atoms with Crippen LogP contribution < -0.4 is 5.32 Å². The highest BCUT2D eigenvalue weighted by Crippen LogP contribution is 2.18. The maximum Gasteiger partial charge on any atom is 0.0932 e. The average Bonchev–Trinajstić information content (AvgIpc) is 2.38. The zero-order valence-electron chi connectivity index (χ0n) is 11.4. The lowest BCUT2D eigenvalue weighted by Crippen LogP contribution is -2.35. The summed E-state index contributed by atoms with van der Waals surface area (Å²) in [5, 5.41) is 13.0. The number of nitrogens with one attached hydrogen (secondary N) is 1. The summed E-state index contributed by atoms with van der Waals surface area (Å²) in [4.78, 5) is 0. The van der Waals surface area contributed by atoms with Gasteiger partial charge in [-0.05, 0) is 30.5 Å². The van der Waals surface area contributed by atoms with E-state index in [4.69, 9.17) is 0 Å². The summed E-state index contributed by atoms with van der Waals surface area (Å²) in [6.07, 6.45) is 2.90. The number of hydrogen-bond donors (Lipinski definition) is 1. The third kappa shape index (κ3) is 2.85.